The van der Waals surface area contributed by atoms with Gasteiger partial charge in [-0.25, -0.2) is 4.79 Å². The molecule has 0 aliphatic heterocycles. The Morgan fingerprint density at radius 1 is 1.58 bits per heavy atom. The fourth-order valence-electron chi connectivity index (χ4n) is 0.528. The summed E-state index contributed by atoms with van der Waals surface area (Å²) in [4.78, 5) is 21.0. The van der Waals surface area contributed by atoms with Crippen molar-refractivity contribution in [3.8, 4) is 0 Å². The van der Waals surface area contributed by atoms with E-state index >= 15 is 0 Å². The third kappa shape index (κ3) is 3.98. The van der Waals surface area contributed by atoms with Crippen LogP contribution in [0.4, 0.5) is 0 Å². The molecule has 0 aliphatic carbocycles. The molecule has 0 aliphatic rings. The minimum Gasteiger partial charge on any atom is -0.478 e. The van der Waals surface area contributed by atoms with E-state index in [0.29, 0.717) is 0 Å². The van der Waals surface area contributed by atoms with Crippen LogP contribution in [-0.4, -0.2) is 23.7 Å². The number of rotatable bonds is 4. The van der Waals surface area contributed by atoms with Gasteiger partial charge in [0.2, 0.25) is 0 Å². The van der Waals surface area contributed by atoms with Crippen molar-refractivity contribution in [2.75, 3.05) is 6.61 Å². The molecule has 0 unspecified atom stereocenters. The number of carboxylic acid groups (broad SMARTS) is 1. The van der Waals surface area contributed by atoms with Crippen LogP contribution in [0.3, 0.4) is 0 Å². The van der Waals surface area contributed by atoms with Gasteiger partial charge in [0.25, 0.3) is 0 Å². The zero-order valence-electron chi connectivity index (χ0n) is 6.54. The Hall–Kier alpha value is -1.03. The van der Waals surface area contributed by atoms with Crippen molar-refractivity contribution in [3.63, 3.8) is 0 Å². The van der Waals surface area contributed by atoms with Crippen LogP contribution >= 0.6 is 11.6 Å². The molecule has 0 amide bonds. The highest BCUT2D eigenvalue weighted by Gasteiger charge is 2.12. The van der Waals surface area contributed by atoms with Crippen molar-refractivity contribution in [2.45, 2.75) is 13.3 Å². The number of carbonyl (C=O) groups excluding carboxylic acids is 1. The molecule has 0 aromatic rings. The zero-order valence-corrected chi connectivity index (χ0v) is 7.30. The summed E-state index contributed by atoms with van der Waals surface area (Å²) < 4.78 is 4.52. The summed E-state index contributed by atoms with van der Waals surface area (Å²) in [6, 6.07) is 0. The van der Waals surface area contributed by atoms with Gasteiger partial charge in [0, 0.05) is 5.54 Å². The second kappa shape index (κ2) is 5.60. The topological polar surface area (TPSA) is 63.6 Å². The van der Waals surface area contributed by atoms with Gasteiger partial charge in [0.1, 0.15) is 0 Å². The minimum absolute atomic E-state index is 0.171. The lowest BCUT2D eigenvalue weighted by Gasteiger charge is -2.00. The van der Waals surface area contributed by atoms with Crippen LogP contribution in [0.2, 0.25) is 0 Å². The highest BCUT2D eigenvalue weighted by Crippen LogP contribution is 2.04. The fraction of sp³-hybridized carbons (Fsp3) is 0.429. The number of carbonyl (C=O) groups is 2. The van der Waals surface area contributed by atoms with Crippen molar-refractivity contribution in [1.29, 1.82) is 0 Å². The zero-order chi connectivity index (χ0) is 9.56. The molecule has 0 atom stereocenters. The first-order valence-electron chi connectivity index (χ1n) is 3.30. The first-order chi connectivity index (χ1) is 5.61. The Morgan fingerprint density at radius 2 is 2.17 bits per heavy atom. The Balaban J connectivity index is 4.05. The van der Waals surface area contributed by atoms with Crippen LogP contribution in [0.25, 0.3) is 0 Å². The molecule has 0 spiro atoms. The van der Waals surface area contributed by atoms with E-state index < -0.39 is 11.9 Å². The standard InChI is InChI=1S/C7H9ClO4/c1-2-12-6(9)3-5(4-8)7(10)11/h4H,2-3H2,1H3,(H,10,11). The van der Waals surface area contributed by atoms with Crippen molar-refractivity contribution in [3.05, 3.63) is 11.1 Å². The molecule has 1 N–H and O–H groups in total. The molecule has 0 heterocycles. The SMILES string of the molecule is CCOC(=O)CC(=CCl)C(=O)O. The van der Waals surface area contributed by atoms with E-state index in [2.05, 4.69) is 4.74 Å². The van der Waals surface area contributed by atoms with E-state index in [1.807, 2.05) is 0 Å². The number of carboxylic acids is 1. The smallest absolute Gasteiger partial charge is 0.333 e. The summed E-state index contributed by atoms with van der Waals surface area (Å²) in [6.07, 6.45) is -0.299. The van der Waals surface area contributed by atoms with Gasteiger partial charge in [0.05, 0.1) is 18.6 Å². The van der Waals surface area contributed by atoms with E-state index in [4.69, 9.17) is 16.7 Å². The molecule has 5 heteroatoms. The fourth-order valence-corrected chi connectivity index (χ4v) is 0.699. The molecule has 0 bridgehead atoms. The quantitative estimate of drug-likeness (QED) is 0.536. The summed E-state index contributed by atoms with van der Waals surface area (Å²) in [5, 5.41) is 8.43. The summed E-state index contributed by atoms with van der Waals surface area (Å²) in [6.45, 7) is 1.87. The Kier molecular flexibility index (Phi) is 5.12. The highest BCUT2D eigenvalue weighted by molar-refractivity contribution is 6.27. The second-order valence-electron chi connectivity index (χ2n) is 1.92. The molecule has 68 valence electrons. The van der Waals surface area contributed by atoms with E-state index in [1.165, 1.54) is 0 Å². The van der Waals surface area contributed by atoms with Crippen molar-refractivity contribution in [1.82, 2.24) is 0 Å². The van der Waals surface area contributed by atoms with E-state index in [0.717, 1.165) is 5.54 Å². The second-order valence-corrected chi connectivity index (χ2v) is 2.14. The van der Waals surface area contributed by atoms with Gasteiger partial charge < -0.3 is 9.84 Å². The Morgan fingerprint density at radius 3 is 2.50 bits per heavy atom. The third-order valence-corrected chi connectivity index (χ3v) is 1.31. The Bertz CT molecular complexity index is 209. The van der Waals surface area contributed by atoms with Gasteiger partial charge in [-0.2, -0.15) is 0 Å². The number of hydrogen-bond donors (Lipinski definition) is 1. The lowest BCUT2D eigenvalue weighted by Crippen LogP contribution is -2.09. The maximum Gasteiger partial charge on any atom is 0.333 e. The Labute approximate surface area is 74.8 Å². The van der Waals surface area contributed by atoms with Crippen molar-refractivity contribution >= 4 is 23.5 Å². The lowest BCUT2D eigenvalue weighted by molar-refractivity contribution is -0.144. The van der Waals surface area contributed by atoms with Crippen LogP contribution in [0.15, 0.2) is 11.1 Å². The monoisotopic (exact) mass is 192 g/mol. The number of aliphatic carboxylic acids is 1. The van der Waals surface area contributed by atoms with Crippen molar-refractivity contribution in [2.24, 2.45) is 0 Å². The molecule has 0 radical (unpaired) electrons. The predicted molar refractivity (Wildman–Crippen MR) is 42.8 cm³/mol. The minimum atomic E-state index is -1.21. The predicted octanol–water partition coefficient (Wildman–Crippen LogP) is 1.15. The van der Waals surface area contributed by atoms with Crippen LogP contribution in [0.5, 0.6) is 0 Å². The van der Waals surface area contributed by atoms with Gasteiger partial charge in [0.15, 0.2) is 0 Å². The summed E-state index contributed by atoms with van der Waals surface area (Å²) in [5.74, 6) is -1.80. The molecule has 4 nitrogen and oxygen atoms in total. The number of esters is 1. The lowest BCUT2D eigenvalue weighted by atomic mass is 10.2. The van der Waals surface area contributed by atoms with Crippen LogP contribution in [0.1, 0.15) is 13.3 Å². The van der Waals surface area contributed by atoms with E-state index in [9.17, 15) is 9.59 Å². The normalized spacial score (nSPS) is 11.0. The van der Waals surface area contributed by atoms with Gasteiger partial charge in [-0.3, -0.25) is 4.79 Å². The molecule has 0 aromatic carbocycles. The highest BCUT2D eigenvalue weighted by atomic mass is 35.5. The number of halogens is 1. The van der Waals surface area contributed by atoms with Gasteiger partial charge in [-0.15, -0.1) is 0 Å². The molecular formula is C7H9ClO4. The summed E-state index contributed by atoms with van der Waals surface area (Å²) in [7, 11) is 0. The average molecular weight is 193 g/mol. The summed E-state index contributed by atoms with van der Waals surface area (Å²) >= 11 is 5.16. The maximum atomic E-state index is 10.7. The molecule has 0 aromatic heterocycles. The van der Waals surface area contributed by atoms with Crippen LogP contribution < -0.4 is 0 Å². The largest absolute Gasteiger partial charge is 0.478 e. The number of ether oxygens (including phenoxy) is 1. The molecular weight excluding hydrogens is 184 g/mol. The van der Waals surface area contributed by atoms with Crippen LogP contribution in [-0.2, 0) is 14.3 Å². The van der Waals surface area contributed by atoms with Crippen LogP contribution in [0, 0.1) is 0 Å². The summed E-state index contributed by atoms with van der Waals surface area (Å²) in [5.41, 5.74) is 0.689. The first-order valence-corrected chi connectivity index (χ1v) is 3.73. The van der Waals surface area contributed by atoms with Crippen molar-refractivity contribution < 1.29 is 19.4 Å². The third-order valence-electron chi connectivity index (χ3n) is 1.05. The first kappa shape index (κ1) is 11.0. The van der Waals surface area contributed by atoms with Gasteiger partial charge >= 0.3 is 11.9 Å². The van der Waals surface area contributed by atoms with Gasteiger partial charge in [-0.1, -0.05) is 11.6 Å². The molecule has 12 heavy (non-hydrogen) atoms. The molecule has 0 fully saturated rings. The van der Waals surface area contributed by atoms with Gasteiger partial charge in [-0.05, 0) is 6.92 Å². The van der Waals surface area contributed by atoms with E-state index in [1.54, 1.807) is 6.92 Å². The molecule has 0 rings (SSSR count). The molecule has 0 saturated heterocycles. The average Bonchev–Trinajstić information content (AvgIpc) is 2.00. The molecule has 0 saturated carbocycles. The van der Waals surface area contributed by atoms with E-state index in [-0.39, 0.29) is 18.6 Å². The maximum absolute atomic E-state index is 10.7. The number of hydrogen-bond acceptors (Lipinski definition) is 3.